The summed E-state index contributed by atoms with van der Waals surface area (Å²) in [6, 6.07) is 11.3. The number of aromatic nitrogens is 1. The van der Waals surface area contributed by atoms with E-state index in [2.05, 4.69) is 9.73 Å². The highest BCUT2D eigenvalue weighted by atomic mass is 32.1. The number of methoxy groups -OCH3 is 3. The van der Waals surface area contributed by atoms with Gasteiger partial charge in [-0.3, -0.25) is 4.79 Å². The summed E-state index contributed by atoms with van der Waals surface area (Å²) in [4.78, 5) is 40.8. The van der Waals surface area contributed by atoms with Gasteiger partial charge in [0.05, 0.1) is 42.2 Å². The molecule has 0 N–H and O–H groups in total. The molecule has 2 aromatic carbocycles. The molecule has 3 aromatic rings. The maximum absolute atomic E-state index is 12.7. The van der Waals surface area contributed by atoms with E-state index in [9.17, 15) is 14.4 Å². The highest BCUT2D eigenvalue weighted by Crippen LogP contribution is 2.20. The molecule has 0 fully saturated rings. The molecule has 1 amide bonds. The number of nitrogens with zero attached hydrogens (tertiary/aromatic N) is 2. The summed E-state index contributed by atoms with van der Waals surface area (Å²) in [5.74, 6) is -1.36. The van der Waals surface area contributed by atoms with Crippen molar-refractivity contribution in [1.82, 2.24) is 4.57 Å². The van der Waals surface area contributed by atoms with E-state index in [1.54, 1.807) is 25.3 Å². The Morgan fingerprint density at radius 1 is 0.900 bits per heavy atom. The first-order chi connectivity index (χ1) is 14.5. The van der Waals surface area contributed by atoms with E-state index in [0.717, 1.165) is 10.2 Å². The van der Waals surface area contributed by atoms with E-state index >= 15 is 0 Å². The molecule has 0 bridgehead atoms. The van der Waals surface area contributed by atoms with Gasteiger partial charge in [0.15, 0.2) is 4.80 Å². The number of carbonyl (C=O) groups excluding carboxylic acids is 3. The van der Waals surface area contributed by atoms with E-state index in [4.69, 9.17) is 9.47 Å². The van der Waals surface area contributed by atoms with E-state index in [-0.39, 0.29) is 0 Å². The summed E-state index contributed by atoms with van der Waals surface area (Å²) in [6.07, 6.45) is 0. The van der Waals surface area contributed by atoms with Crippen molar-refractivity contribution in [3.05, 3.63) is 64.0 Å². The fourth-order valence-corrected chi connectivity index (χ4v) is 3.91. The molecule has 0 atom stereocenters. The number of hydrogen-bond acceptors (Lipinski definition) is 7. The molecule has 3 rings (SSSR count). The smallest absolute Gasteiger partial charge is 0.337 e. The molecule has 0 spiro atoms. The Morgan fingerprint density at radius 3 is 2.13 bits per heavy atom. The van der Waals surface area contributed by atoms with Crippen LogP contribution in [0.2, 0.25) is 0 Å². The zero-order valence-electron chi connectivity index (χ0n) is 16.7. The van der Waals surface area contributed by atoms with Gasteiger partial charge in [-0.15, -0.1) is 0 Å². The Morgan fingerprint density at radius 2 is 1.50 bits per heavy atom. The lowest BCUT2D eigenvalue weighted by molar-refractivity contribution is 0.0592. The standard InChI is InChI=1S/C21H20N2O6S/c1-27-11-10-23-16-9-8-15(20(26)29-3)12-17(16)30-21(23)22-18(24)13-4-6-14(7-5-13)19(25)28-2/h4-9,12H,10-11H2,1-3H3. The first kappa shape index (κ1) is 21.4. The van der Waals surface area contributed by atoms with Gasteiger partial charge in [-0.05, 0) is 42.5 Å². The maximum atomic E-state index is 12.7. The second-order valence-corrected chi connectivity index (χ2v) is 7.20. The lowest BCUT2D eigenvalue weighted by Crippen LogP contribution is -2.19. The highest BCUT2D eigenvalue weighted by Gasteiger charge is 2.13. The van der Waals surface area contributed by atoms with Gasteiger partial charge < -0.3 is 18.8 Å². The average molecular weight is 428 g/mol. The zero-order valence-corrected chi connectivity index (χ0v) is 17.5. The van der Waals surface area contributed by atoms with Crippen LogP contribution in [0, 0.1) is 0 Å². The first-order valence-electron chi connectivity index (χ1n) is 8.96. The molecular weight excluding hydrogens is 408 g/mol. The van der Waals surface area contributed by atoms with Crippen molar-refractivity contribution < 1.29 is 28.6 Å². The Balaban J connectivity index is 2.03. The third-order valence-corrected chi connectivity index (χ3v) is 5.41. The number of benzene rings is 2. The van der Waals surface area contributed by atoms with Crippen molar-refractivity contribution in [3.63, 3.8) is 0 Å². The minimum atomic E-state index is -0.478. The third-order valence-electron chi connectivity index (χ3n) is 4.37. The highest BCUT2D eigenvalue weighted by molar-refractivity contribution is 7.16. The monoisotopic (exact) mass is 428 g/mol. The van der Waals surface area contributed by atoms with E-state index in [1.807, 2.05) is 4.57 Å². The summed E-state index contributed by atoms with van der Waals surface area (Å²) in [5, 5.41) is 0. The Bertz CT molecular complexity index is 1160. The lowest BCUT2D eigenvalue weighted by Gasteiger charge is -2.05. The van der Waals surface area contributed by atoms with Crippen molar-refractivity contribution in [2.75, 3.05) is 27.9 Å². The van der Waals surface area contributed by atoms with Gasteiger partial charge in [-0.25, -0.2) is 9.59 Å². The predicted molar refractivity (Wildman–Crippen MR) is 111 cm³/mol. The summed E-state index contributed by atoms with van der Waals surface area (Å²) in [5.41, 5.74) is 1.94. The quantitative estimate of drug-likeness (QED) is 0.560. The molecule has 30 heavy (non-hydrogen) atoms. The maximum Gasteiger partial charge on any atom is 0.337 e. The van der Waals surface area contributed by atoms with Gasteiger partial charge in [0.1, 0.15) is 0 Å². The van der Waals surface area contributed by atoms with Crippen molar-refractivity contribution in [2.45, 2.75) is 6.54 Å². The number of amides is 1. The Labute approximate surface area is 176 Å². The number of hydrogen-bond donors (Lipinski definition) is 0. The number of fused-ring (bicyclic) bond motifs is 1. The van der Waals surface area contributed by atoms with Gasteiger partial charge in [-0.2, -0.15) is 4.99 Å². The van der Waals surface area contributed by atoms with Crippen LogP contribution in [0.1, 0.15) is 31.1 Å². The lowest BCUT2D eigenvalue weighted by atomic mass is 10.1. The molecule has 0 saturated heterocycles. The number of carbonyl (C=O) groups is 3. The van der Waals surface area contributed by atoms with Crippen LogP contribution >= 0.6 is 11.3 Å². The molecule has 0 aliphatic carbocycles. The van der Waals surface area contributed by atoms with Crippen LogP contribution < -0.4 is 4.80 Å². The molecular formula is C21H20N2O6S. The van der Waals surface area contributed by atoms with Gasteiger partial charge in [0.25, 0.3) is 5.91 Å². The van der Waals surface area contributed by atoms with Crippen molar-refractivity contribution in [2.24, 2.45) is 4.99 Å². The van der Waals surface area contributed by atoms with Crippen LogP contribution in [0.5, 0.6) is 0 Å². The summed E-state index contributed by atoms with van der Waals surface area (Å²) in [7, 11) is 4.21. The van der Waals surface area contributed by atoms with Gasteiger partial charge in [0, 0.05) is 19.2 Å². The largest absolute Gasteiger partial charge is 0.465 e. The van der Waals surface area contributed by atoms with E-state index < -0.39 is 17.8 Å². The molecule has 0 radical (unpaired) electrons. The van der Waals surface area contributed by atoms with Gasteiger partial charge >= 0.3 is 11.9 Å². The molecule has 0 aliphatic rings. The van der Waals surface area contributed by atoms with Crippen molar-refractivity contribution in [3.8, 4) is 0 Å². The minimum Gasteiger partial charge on any atom is -0.465 e. The number of esters is 2. The van der Waals surface area contributed by atoms with Gasteiger partial charge in [0.2, 0.25) is 0 Å². The third kappa shape index (κ3) is 4.47. The topological polar surface area (TPSA) is 96.2 Å². The van der Waals surface area contributed by atoms with Crippen LogP contribution in [-0.4, -0.2) is 50.3 Å². The molecule has 0 unspecified atom stereocenters. The van der Waals surface area contributed by atoms with Crippen LogP contribution in [0.25, 0.3) is 10.2 Å². The number of ether oxygens (including phenoxy) is 3. The molecule has 1 heterocycles. The van der Waals surface area contributed by atoms with E-state index in [1.165, 1.54) is 49.8 Å². The van der Waals surface area contributed by atoms with E-state index in [0.29, 0.717) is 34.6 Å². The van der Waals surface area contributed by atoms with Crippen molar-refractivity contribution in [1.29, 1.82) is 0 Å². The van der Waals surface area contributed by atoms with Crippen LogP contribution in [0.3, 0.4) is 0 Å². The van der Waals surface area contributed by atoms with Crippen LogP contribution in [-0.2, 0) is 20.8 Å². The number of thiazole rings is 1. The molecule has 0 saturated carbocycles. The van der Waals surface area contributed by atoms with Crippen molar-refractivity contribution >= 4 is 39.4 Å². The molecule has 0 aliphatic heterocycles. The zero-order chi connectivity index (χ0) is 21.7. The second kappa shape index (κ2) is 9.47. The minimum absolute atomic E-state index is 0.341. The Hall–Kier alpha value is -3.30. The first-order valence-corrected chi connectivity index (χ1v) is 9.78. The molecule has 8 nitrogen and oxygen atoms in total. The predicted octanol–water partition coefficient (Wildman–Crippen LogP) is 2.66. The second-order valence-electron chi connectivity index (χ2n) is 6.19. The summed E-state index contributed by atoms with van der Waals surface area (Å²) >= 11 is 1.29. The van der Waals surface area contributed by atoms with Crippen LogP contribution in [0.4, 0.5) is 0 Å². The van der Waals surface area contributed by atoms with Crippen LogP contribution in [0.15, 0.2) is 47.5 Å². The van der Waals surface area contributed by atoms with Gasteiger partial charge in [-0.1, -0.05) is 11.3 Å². The average Bonchev–Trinajstić information content (AvgIpc) is 3.12. The molecule has 9 heteroatoms. The fraction of sp³-hybridized carbons (Fsp3) is 0.238. The Kier molecular flexibility index (Phi) is 6.76. The SMILES string of the molecule is COCCn1c(=NC(=O)c2ccc(C(=O)OC)cc2)sc2cc(C(=O)OC)ccc21. The normalized spacial score (nSPS) is 11.5. The summed E-state index contributed by atoms with van der Waals surface area (Å²) < 4.78 is 17.3. The fourth-order valence-electron chi connectivity index (χ4n) is 2.82. The number of rotatable bonds is 6. The molecule has 1 aromatic heterocycles. The summed E-state index contributed by atoms with van der Waals surface area (Å²) in [6.45, 7) is 0.918. The molecule has 156 valence electrons.